The largest absolute Gasteiger partial charge is 0.497 e. The second kappa shape index (κ2) is 8.99. The fourth-order valence-electron chi connectivity index (χ4n) is 2.74. The molecule has 6 nitrogen and oxygen atoms in total. The number of aromatic nitrogens is 2. The minimum absolute atomic E-state index is 0.222. The Morgan fingerprint density at radius 1 is 1.07 bits per heavy atom. The van der Waals surface area contributed by atoms with E-state index in [1.165, 1.54) is 0 Å². The van der Waals surface area contributed by atoms with Crippen LogP contribution >= 0.6 is 0 Å². The van der Waals surface area contributed by atoms with Crippen LogP contribution in [0.4, 0.5) is 11.6 Å². The van der Waals surface area contributed by atoms with E-state index in [-0.39, 0.29) is 5.91 Å². The highest BCUT2D eigenvalue weighted by Crippen LogP contribution is 2.19. The molecule has 144 valence electrons. The number of hydrogen-bond acceptors (Lipinski definition) is 5. The number of ether oxygens (including phenoxy) is 1. The molecular weight excluding hydrogens is 352 g/mol. The van der Waals surface area contributed by atoms with Crippen molar-refractivity contribution in [1.29, 1.82) is 0 Å². The summed E-state index contributed by atoms with van der Waals surface area (Å²) in [6, 6.07) is 15.5. The molecule has 0 atom stereocenters. The Bertz CT molecular complexity index is 955. The molecule has 3 rings (SSSR count). The highest BCUT2D eigenvalue weighted by Gasteiger charge is 2.09. The number of rotatable bonds is 7. The van der Waals surface area contributed by atoms with Crippen LogP contribution in [0.2, 0.25) is 0 Å². The van der Waals surface area contributed by atoms with Crippen molar-refractivity contribution in [3.8, 4) is 5.75 Å². The number of nitrogens with one attached hydrogen (secondary N) is 2. The van der Waals surface area contributed by atoms with Crippen molar-refractivity contribution in [2.45, 2.75) is 20.3 Å². The molecule has 2 aromatic carbocycles. The molecule has 0 bridgehead atoms. The number of amides is 1. The summed E-state index contributed by atoms with van der Waals surface area (Å²) in [6.07, 6.45) is 2.31. The van der Waals surface area contributed by atoms with Crippen LogP contribution < -0.4 is 15.4 Å². The van der Waals surface area contributed by atoms with Crippen molar-refractivity contribution in [2.24, 2.45) is 0 Å². The number of carbonyl (C=O) groups excluding carboxylic acids is 1. The minimum atomic E-state index is -0.222. The monoisotopic (exact) mass is 376 g/mol. The fraction of sp³-hybridized carbons (Fsp3) is 0.227. The SMILES string of the molecule is COc1ccc(CCNC(=O)c2ccnc(Nc3cc(C)ccc3C)n2)cc1. The van der Waals surface area contributed by atoms with Gasteiger partial charge < -0.3 is 15.4 Å². The molecule has 0 aliphatic rings. The first-order valence-corrected chi connectivity index (χ1v) is 9.13. The van der Waals surface area contributed by atoms with E-state index in [4.69, 9.17) is 4.74 Å². The molecule has 3 aromatic rings. The molecule has 0 spiro atoms. The predicted octanol–water partition coefficient (Wildman–Crippen LogP) is 3.82. The van der Waals surface area contributed by atoms with Crippen LogP contribution in [-0.2, 0) is 6.42 Å². The molecular formula is C22H24N4O2. The van der Waals surface area contributed by atoms with Gasteiger partial charge >= 0.3 is 0 Å². The van der Waals surface area contributed by atoms with Crippen molar-refractivity contribution in [2.75, 3.05) is 19.0 Å². The zero-order valence-corrected chi connectivity index (χ0v) is 16.3. The van der Waals surface area contributed by atoms with Gasteiger partial charge in [-0.25, -0.2) is 9.97 Å². The van der Waals surface area contributed by atoms with E-state index in [2.05, 4.69) is 20.6 Å². The summed E-state index contributed by atoms with van der Waals surface area (Å²) in [7, 11) is 1.64. The lowest BCUT2D eigenvalue weighted by atomic mass is 10.1. The van der Waals surface area contributed by atoms with E-state index in [1.54, 1.807) is 19.4 Å². The van der Waals surface area contributed by atoms with Crippen LogP contribution in [0.1, 0.15) is 27.2 Å². The van der Waals surface area contributed by atoms with Crippen LogP contribution in [0.25, 0.3) is 0 Å². The predicted molar refractivity (Wildman–Crippen MR) is 110 cm³/mol. The van der Waals surface area contributed by atoms with Gasteiger partial charge in [-0.1, -0.05) is 24.3 Å². The smallest absolute Gasteiger partial charge is 0.270 e. The Balaban J connectivity index is 1.59. The van der Waals surface area contributed by atoms with Gasteiger partial charge in [0.25, 0.3) is 5.91 Å². The number of hydrogen-bond donors (Lipinski definition) is 2. The van der Waals surface area contributed by atoms with Gasteiger partial charge in [0, 0.05) is 18.4 Å². The quantitative estimate of drug-likeness (QED) is 0.656. The summed E-state index contributed by atoms with van der Waals surface area (Å²) < 4.78 is 5.15. The maximum atomic E-state index is 12.4. The molecule has 6 heteroatoms. The Morgan fingerprint density at radius 3 is 2.61 bits per heavy atom. The third-order valence-corrected chi connectivity index (χ3v) is 4.39. The molecule has 0 aliphatic carbocycles. The maximum absolute atomic E-state index is 12.4. The Labute approximate surface area is 165 Å². The molecule has 0 unspecified atom stereocenters. The van der Waals surface area contributed by atoms with E-state index in [1.807, 2.05) is 56.3 Å². The second-order valence-corrected chi connectivity index (χ2v) is 6.56. The lowest BCUT2D eigenvalue weighted by molar-refractivity contribution is 0.0949. The van der Waals surface area contributed by atoms with Gasteiger partial charge in [0.15, 0.2) is 0 Å². The summed E-state index contributed by atoms with van der Waals surface area (Å²) in [5, 5.41) is 6.09. The molecule has 1 amide bonds. The van der Waals surface area contributed by atoms with Gasteiger partial charge in [0.1, 0.15) is 11.4 Å². The first-order chi connectivity index (χ1) is 13.5. The molecule has 0 saturated carbocycles. The number of methoxy groups -OCH3 is 1. The Morgan fingerprint density at radius 2 is 1.86 bits per heavy atom. The summed E-state index contributed by atoms with van der Waals surface area (Å²) >= 11 is 0. The number of carbonyl (C=O) groups is 1. The normalized spacial score (nSPS) is 10.4. The molecule has 0 saturated heterocycles. The van der Waals surface area contributed by atoms with Gasteiger partial charge in [-0.2, -0.15) is 0 Å². The number of nitrogens with zero attached hydrogens (tertiary/aromatic N) is 2. The van der Waals surface area contributed by atoms with Crippen LogP contribution in [0, 0.1) is 13.8 Å². The molecule has 2 N–H and O–H groups in total. The first kappa shape index (κ1) is 19.4. The molecule has 28 heavy (non-hydrogen) atoms. The van der Waals surface area contributed by atoms with E-state index in [0.29, 0.717) is 18.2 Å². The van der Waals surface area contributed by atoms with Gasteiger partial charge in [-0.05, 0) is 61.2 Å². The van der Waals surface area contributed by atoms with Gasteiger partial charge in [-0.15, -0.1) is 0 Å². The minimum Gasteiger partial charge on any atom is -0.497 e. The van der Waals surface area contributed by atoms with Crippen LogP contribution in [-0.4, -0.2) is 29.5 Å². The summed E-state index contributed by atoms with van der Waals surface area (Å²) in [5.41, 5.74) is 4.61. The van der Waals surface area contributed by atoms with Gasteiger partial charge in [0.05, 0.1) is 7.11 Å². The van der Waals surface area contributed by atoms with Crippen molar-refractivity contribution in [3.63, 3.8) is 0 Å². The summed E-state index contributed by atoms with van der Waals surface area (Å²) in [5.74, 6) is 0.995. The van der Waals surface area contributed by atoms with Crippen LogP contribution in [0.3, 0.4) is 0 Å². The molecule has 1 aromatic heterocycles. The lowest BCUT2D eigenvalue weighted by Gasteiger charge is -2.10. The molecule has 0 radical (unpaired) electrons. The lowest BCUT2D eigenvalue weighted by Crippen LogP contribution is -2.26. The van der Waals surface area contributed by atoms with E-state index in [9.17, 15) is 4.79 Å². The maximum Gasteiger partial charge on any atom is 0.270 e. The highest BCUT2D eigenvalue weighted by molar-refractivity contribution is 5.92. The van der Waals surface area contributed by atoms with Gasteiger partial charge in [-0.3, -0.25) is 4.79 Å². The third-order valence-electron chi connectivity index (χ3n) is 4.39. The van der Waals surface area contributed by atoms with E-state index < -0.39 is 0 Å². The first-order valence-electron chi connectivity index (χ1n) is 9.13. The van der Waals surface area contributed by atoms with E-state index in [0.717, 1.165) is 34.5 Å². The number of aryl methyl sites for hydroxylation is 2. The number of benzene rings is 2. The van der Waals surface area contributed by atoms with Crippen molar-refractivity contribution >= 4 is 17.5 Å². The average Bonchev–Trinajstić information content (AvgIpc) is 2.71. The molecule has 1 heterocycles. The summed E-state index contributed by atoms with van der Waals surface area (Å²) in [4.78, 5) is 21.0. The Hall–Kier alpha value is -3.41. The summed E-state index contributed by atoms with van der Waals surface area (Å²) in [6.45, 7) is 4.56. The zero-order chi connectivity index (χ0) is 19.9. The molecule has 0 fully saturated rings. The van der Waals surface area contributed by atoms with Gasteiger partial charge in [0.2, 0.25) is 5.95 Å². The zero-order valence-electron chi connectivity index (χ0n) is 16.3. The standard InChI is InChI=1S/C22H24N4O2/c1-15-4-5-16(2)20(14-15)26-22-24-13-11-19(25-22)21(27)23-12-10-17-6-8-18(28-3)9-7-17/h4-9,11,13-14H,10,12H2,1-3H3,(H,23,27)(H,24,25,26). The van der Waals surface area contributed by atoms with E-state index >= 15 is 0 Å². The van der Waals surface area contributed by atoms with Crippen molar-refractivity contribution in [1.82, 2.24) is 15.3 Å². The Kier molecular flexibility index (Phi) is 6.22. The molecule has 0 aliphatic heterocycles. The van der Waals surface area contributed by atoms with Crippen LogP contribution in [0.5, 0.6) is 5.75 Å². The second-order valence-electron chi connectivity index (χ2n) is 6.56. The topological polar surface area (TPSA) is 76.1 Å². The van der Waals surface area contributed by atoms with Crippen LogP contribution in [0.15, 0.2) is 54.7 Å². The average molecular weight is 376 g/mol. The highest BCUT2D eigenvalue weighted by atomic mass is 16.5. The third kappa shape index (κ3) is 5.07. The van der Waals surface area contributed by atoms with Crippen molar-refractivity contribution < 1.29 is 9.53 Å². The fourth-order valence-corrected chi connectivity index (χ4v) is 2.74. The number of anilines is 2. The van der Waals surface area contributed by atoms with Crippen molar-refractivity contribution in [3.05, 3.63) is 77.1 Å².